The molecule has 2 saturated heterocycles. The molecule has 1 amide bonds. The van der Waals surface area contributed by atoms with Gasteiger partial charge in [-0.15, -0.1) is 0 Å². The van der Waals surface area contributed by atoms with Gasteiger partial charge in [-0.25, -0.2) is 0 Å². The van der Waals surface area contributed by atoms with Crippen LogP contribution >= 0.6 is 0 Å². The smallest absolute Gasteiger partial charge is 0.223 e. The summed E-state index contributed by atoms with van der Waals surface area (Å²) in [6, 6.07) is 2.50. The van der Waals surface area contributed by atoms with Crippen molar-refractivity contribution in [2.45, 2.75) is 39.3 Å². The fraction of sp³-hybridized carbons (Fsp3) is 0.600. The SMILES string of the molecule is Cc1cc(N2CCN3C(=O)CCC3C2)c(CN)c(C)n1. The predicted molar refractivity (Wildman–Crippen MR) is 78.6 cm³/mol. The number of rotatable bonds is 2. The number of fused-ring (bicyclic) bond motifs is 1. The lowest BCUT2D eigenvalue weighted by Gasteiger charge is -2.39. The molecule has 0 saturated carbocycles. The van der Waals surface area contributed by atoms with Crippen molar-refractivity contribution in [3.63, 3.8) is 0 Å². The standard InChI is InChI=1S/C15H22N4O/c1-10-7-14(13(8-16)11(2)17-10)18-5-6-19-12(9-18)3-4-15(19)20/h7,12H,3-6,8-9,16H2,1-2H3. The topological polar surface area (TPSA) is 62.5 Å². The van der Waals surface area contributed by atoms with E-state index in [2.05, 4.69) is 16.0 Å². The van der Waals surface area contributed by atoms with E-state index in [-0.39, 0.29) is 0 Å². The molecule has 0 aromatic carbocycles. The van der Waals surface area contributed by atoms with Crippen LogP contribution in [-0.4, -0.2) is 41.5 Å². The largest absolute Gasteiger partial charge is 0.367 e. The molecule has 2 aliphatic rings. The number of aromatic nitrogens is 1. The molecule has 5 heteroatoms. The summed E-state index contributed by atoms with van der Waals surface area (Å²) in [4.78, 5) is 20.7. The Bertz CT molecular complexity index is 543. The van der Waals surface area contributed by atoms with Gasteiger partial charge in [0, 0.05) is 61.3 Å². The molecule has 5 nitrogen and oxygen atoms in total. The molecule has 0 spiro atoms. The molecule has 1 aromatic rings. The first kappa shape index (κ1) is 13.4. The second-order valence-corrected chi connectivity index (χ2v) is 5.78. The van der Waals surface area contributed by atoms with E-state index in [9.17, 15) is 4.79 Å². The third kappa shape index (κ3) is 2.16. The van der Waals surface area contributed by atoms with Gasteiger partial charge in [0.25, 0.3) is 0 Å². The van der Waals surface area contributed by atoms with Gasteiger partial charge in [0.15, 0.2) is 0 Å². The lowest BCUT2D eigenvalue weighted by atomic mass is 10.1. The van der Waals surface area contributed by atoms with Gasteiger partial charge < -0.3 is 15.5 Å². The minimum Gasteiger partial charge on any atom is -0.367 e. The fourth-order valence-electron chi connectivity index (χ4n) is 3.45. The number of piperazine rings is 1. The van der Waals surface area contributed by atoms with Gasteiger partial charge in [0.1, 0.15) is 0 Å². The van der Waals surface area contributed by atoms with Gasteiger partial charge in [-0.05, 0) is 26.3 Å². The van der Waals surface area contributed by atoms with Crippen molar-refractivity contribution in [3.05, 3.63) is 23.0 Å². The summed E-state index contributed by atoms with van der Waals surface area (Å²) in [5.74, 6) is 0.316. The number of carbonyl (C=O) groups is 1. The number of hydrogen-bond donors (Lipinski definition) is 1. The van der Waals surface area contributed by atoms with Crippen LogP contribution in [-0.2, 0) is 11.3 Å². The highest BCUT2D eigenvalue weighted by atomic mass is 16.2. The average molecular weight is 274 g/mol. The monoisotopic (exact) mass is 274 g/mol. The van der Waals surface area contributed by atoms with Crippen molar-refractivity contribution in [3.8, 4) is 0 Å². The highest BCUT2D eigenvalue weighted by Gasteiger charge is 2.36. The summed E-state index contributed by atoms with van der Waals surface area (Å²) in [5, 5.41) is 0. The lowest BCUT2D eigenvalue weighted by Crippen LogP contribution is -2.51. The van der Waals surface area contributed by atoms with Gasteiger partial charge in [-0.2, -0.15) is 0 Å². The number of carbonyl (C=O) groups excluding carboxylic acids is 1. The van der Waals surface area contributed by atoms with Crippen LogP contribution in [0.5, 0.6) is 0 Å². The highest BCUT2D eigenvalue weighted by molar-refractivity contribution is 5.79. The van der Waals surface area contributed by atoms with E-state index in [0.717, 1.165) is 43.0 Å². The molecule has 0 radical (unpaired) electrons. The maximum Gasteiger partial charge on any atom is 0.223 e. The Kier molecular flexibility index (Phi) is 3.38. The molecule has 2 N–H and O–H groups in total. The number of amides is 1. The summed E-state index contributed by atoms with van der Waals surface area (Å²) in [7, 11) is 0. The first-order chi connectivity index (χ1) is 9.60. The molecule has 1 unspecified atom stereocenters. The van der Waals surface area contributed by atoms with Crippen LogP contribution in [0, 0.1) is 13.8 Å². The highest BCUT2D eigenvalue weighted by Crippen LogP contribution is 2.29. The Labute approximate surface area is 119 Å². The van der Waals surface area contributed by atoms with E-state index in [4.69, 9.17) is 5.73 Å². The zero-order valence-electron chi connectivity index (χ0n) is 12.2. The van der Waals surface area contributed by atoms with Gasteiger partial charge >= 0.3 is 0 Å². The number of aryl methyl sites for hydroxylation is 2. The van der Waals surface area contributed by atoms with Crippen molar-refractivity contribution in [2.24, 2.45) is 5.73 Å². The van der Waals surface area contributed by atoms with E-state index >= 15 is 0 Å². The normalized spacial score (nSPS) is 22.4. The minimum absolute atomic E-state index is 0.316. The fourth-order valence-corrected chi connectivity index (χ4v) is 3.45. The molecule has 2 fully saturated rings. The summed E-state index contributed by atoms with van der Waals surface area (Å²) in [5.41, 5.74) is 10.3. The van der Waals surface area contributed by atoms with Crippen LogP contribution in [0.3, 0.4) is 0 Å². The Morgan fingerprint density at radius 1 is 1.40 bits per heavy atom. The Morgan fingerprint density at radius 3 is 2.95 bits per heavy atom. The van der Waals surface area contributed by atoms with Gasteiger partial charge in [0.05, 0.1) is 0 Å². The summed E-state index contributed by atoms with van der Waals surface area (Å²) >= 11 is 0. The maximum atomic E-state index is 11.8. The third-order valence-electron chi connectivity index (χ3n) is 4.47. The van der Waals surface area contributed by atoms with Crippen LogP contribution in [0.4, 0.5) is 5.69 Å². The predicted octanol–water partition coefficient (Wildman–Crippen LogP) is 0.968. The van der Waals surface area contributed by atoms with Crippen LogP contribution in [0.25, 0.3) is 0 Å². The molecular weight excluding hydrogens is 252 g/mol. The number of hydrogen-bond acceptors (Lipinski definition) is 4. The summed E-state index contributed by atoms with van der Waals surface area (Å²) in [6.45, 7) is 7.19. The van der Waals surface area contributed by atoms with Crippen molar-refractivity contribution in [2.75, 3.05) is 24.5 Å². The molecule has 1 aromatic heterocycles. The average Bonchev–Trinajstić information content (AvgIpc) is 2.79. The van der Waals surface area contributed by atoms with E-state index < -0.39 is 0 Å². The van der Waals surface area contributed by atoms with Gasteiger partial charge in [-0.3, -0.25) is 9.78 Å². The molecule has 0 aliphatic carbocycles. The van der Waals surface area contributed by atoms with Crippen LogP contribution < -0.4 is 10.6 Å². The first-order valence-corrected chi connectivity index (χ1v) is 7.31. The van der Waals surface area contributed by atoms with Crippen molar-refractivity contribution in [1.82, 2.24) is 9.88 Å². The Morgan fingerprint density at radius 2 is 2.20 bits per heavy atom. The molecule has 3 rings (SSSR count). The number of nitrogens with two attached hydrogens (primary N) is 1. The quantitative estimate of drug-likeness (QED) is 0.873. The second kappa shape index (κ2) is 5.05. The number of anilines is 1. The van der Waals surface area contributed by atoms with E-state index in [1.807, 2.05) is 18.7 Å². The zero-order chi connectivity index (χ0) is 14.3. The summed E-state index contributed by atoms with van der Waals surface area (Å²) < 4.78 is 0. The molecular formula is C15H22N4O. The molecule has 108 valence electrons. The molecule has 1 atom stereocenters. The molecule has 2 aliphatic heterocycles. The molecule has 3 heterocycles. The Balaban J connectivity index is 1.89. The summed E-state index contributed by atoms with van der Waals surface area (Å²) in [6.07, 6.45) is 1.69. The first-order valence-electron chi connectivity index (χ1n) is 7.31. The van der Waals surface area contributed by atoms with Crippen molar-refractivity contribution in [1.29, 1.82) is 0 Å². The molecule has 20 heavy (non-hydrogen) atoms. The van der Waals surface area contributed by atoms with E-state index in [1.54, 1.807) is 0 Å². The van der Waals surface area contributed by atoms with Crippen LogP contribution in [0.2, 0.25) is 0 Å². The van der Waals surface area contributed by atoms with E-state index in [0.29, 0.717) is 24.9 Å². The maximum absolute atomic E-state index is 11.8. The van der Waals surface area contributed by atoms with Crippen LogP contribution in [0.1, 0.15) is 29.8 Å². The zero-order valence-corrected chi connectivity index (χ0v) is 12.2. The third-order valence-corrected chi connectivity index (χ3v) is 4.47. The lowest BCUT2D eigenvalue weighted by molar-refractivity contribution is -0.129. The number of nitrogens with zero attached hydrogens (tertiary/aromatic N) is 3. The minimum atomic E-state index is 0.316. The van der Waals surface area contributed by atoms with E-state index in [1.165, 1.54) is 5.69 Å². The number of pyridine rings is 1. The van der Waals surface area contributed by atoms with Gasteiger partial charge in [0.2, 0.25) is 5.91 Å². The van der Waals surface area contributed by atoms with Crippen molar-refractivity contribution < 1.29 is 4.79 Å². The van der Waals surface area contributed by atoms with Gasteiger partial charge in [-0.1, -0.05) is 0 Å². The van der Waals surface area contributed by atoms with Crippen LogP contribution in [0.15, 0.2) is 6.07 Å². The molecule has 0 bridgehead atoms. The Hall–Kier alpha value is -1.62. The second-order valence-electron chi connectivity index (χ2n) is 5.78. The van der Waals surface area contributed by atoms with Crippen molar-refractivity contribution >= 4 is 11.6 Å².